The predicted octanol–water partition coefficient (Wildman–Crippen LogP) is 5.32. The topological polar surface area (TPSA) is 43.6 Å². The van der Waals surface area contributed by atoms with Crippen LogP contribution in [0.25, 0.3) is 17.1 Å². The highest BCUT2D eigenvalue weighted by Crippen LogP contribution is 2.28. The fourth-order valence-corrected chi connectivity index (χ4v) is 3.85. The third kappa shape index (κ3) is 4.21. The van der Waals surface area contributed by atoms with E-state index in [4.69, 9.17) is 11.6 Å². The lowest BCUT2D eigenvalue weighted by molar-refractivity contribution is 0.885. The molecule has 2 heterocycles. The molecule has 0 saturated heterocycles. The summed E-state index contributed by atoms with van der Waals surface area (Å²) >= 11 is 7.76. The van der Waals surface area contributed by atoms with Crippen LogP contribution < -0.4 is 0 Å². The zero-order valence-corrected chi connectivity index (χ0v) is 16.1. The molecule has 0 aliphatic heterocycles. The van der Waals surface area contributed by atoms with Gasteiger partial charge in [-0.1, -0.05) is 53.7 Å². The zero-order chi connectivity index (χ0) is 18.5. The van der Waals surface area contributed by atoms with Crippen molar-refractivity contribution < 1.29 is 0 Å². The van der Waals surface area contributed by atoms with Crippen LogP contribution in [0.4, 0.5) is 0 Å². The largest absolute Gasteiger partial charge is 0.270 e. The fourth-order valence-electron chi connectivity index (χ4n) is 2.78. The molecule has 0 saturated carbocycles. The van der Waals surface area contributed by atoms with E-state index in [0.717, 1.165) is 34.4 Å². The zero-order valence-electron chi connectivity index (χ0n) is 14.5. The second-order valence-electron chi connectivity index (χ2n) is 5.94. The van der Waals surface area contributed by atoms with Crippen molar-refractivity contribution in [2.75, 3.05) is 5.75 Å². The molecule has 4 nitrogen and oxygen atoms in total. The number of halogens is 1. The van der Waals surface area contributed by atoms with Crippen molar-refractivity contribution >= 4 is 23.4 Å². The minimum absolute atomic E-state index is 0.704. The molecule has 0 N–H and O–H groups in total. The van der Waals surface area contributed by atoms with Crippen LogP contribution in [0.3, 0.4) is 0 Å². The highest BCUT2D eigenvalue weighted by Gasteiger charge is 2.16. The van der Waals surface area contributed by atoms with Crippen molar-refractivity contribution in [1.82, 2.24) is 19.7 Å². The van der Waals surface area contributed by atoms with Crippen molar-refractivity contribution in [3.63, 3.8) is 0 Å². The summed E-state index contributed by atoms with van der Waals surface area (Å²) in [5, 5.41) is 10.5. The summed E-state index contributed by atoms with van der Waals surface area (Å²) in [4.78, 5) is 4.09. The van der Waals surface area contributed by atoms with Crippen LogP contribution in [0, 0.1) is 0 Å². The fraction of sp³-hybridized carbons (Fsp3) is 0.0952. The molecule has 0 unspecified atom stereocenters. The first-order valence-corrected chi connectivity index (χ1v) is 9.96. The molecule has 0 spiro atoms. The van der Waals surface area contributed by atoms with E-state index in [9.17, 15) is 0 Å². The van der Waals surface area contributed by atoms with Gasteiger partial charge >= 0.3 is 0 Å². The van der Waals surface area contributed by atoms with Gasteiger partial charge < -0.3 is 0 Å². The van der Waals surface area contributed by atoms with Gasteiger partial charge in [-0.05, 0) is 48.4 Å². The number of thioether (sulfide) groups is 1. The summed E-state index contributed by atoms with van der Waals surface area (Å²) in [6, 6.07) is 22.1. The van der Waals surface area contributed by atoms with Gasteiger partial charge in [0, 0.05) is 34.4 Å². The van der Waals surface area contributed by atoms with Crippen LogP contribution >= 0.6 is 23.4 Å². The maximum absolute atomic E-state index is 6.07. The van der Waals surface area contributed by atoms with Gasteiger partial charge in [-0.3, -0.25) is 9.55 Å². The Balaban J connectivity index is 1.64. The van der Waals surface area contributed by atoms with Gasteiger partial charge in [0.2, 0.25) is 0 Å². The molecule has 0 amide bonds. The van der Waals surface area contributed by atoms with Crippen molar-refractivity contribution in [3.8, 4) is 17.1 Å². The molecular formula is C21H17ClN4S. The lowest BCUT2D eigenvalue weighted by Gasteiger charge is -2.10. The number of pyridine rings is 1. The van der Waals surface area contributed by atoms with E-state index in [-0.39, 0.29) is 0 Å². The molecule has 0 fully saturated rings. The Hall–Kier alpha value is -2.63. The third-order valence-electron chi connectivity index (χ3n) is 4.12. The van der Waals surface area contributed by atoms with E-state index in [0.29, 0.717) is 5.02 Å². The van der Waals surface area contributed by atoms with E-state index < -0.39 is 0 Å². The second kappa shape index (κ2) is 8.37. The van der Waals surface area contributed by atoms with Crippen molar-refractivity contribution in [3.05, 3.63) is 89.7 Å². The van der Waals surface area contributed by atoms with E-state index in [2.05, 4.69) is 44.0 Å². The van der Waals surface area contributed by atoms with Crippen molar-refractivity contribution in [2.24, 2.45) is 0 Å². The van der Waals surface area contributed by atoms with Crippen LogP contribution in [0.1, 0.15) is 5.56 Å². The average Bonchev–Trinajstić information content (AvgIpc) is 3.14. The third-order valence-corrected chi connectivity index (χ3v) is 5.30. The van der Waals surface area contributed by atoms with Gasteiger partial charge in [0.1, 0.15) is 0 Å². The Morgan fingerprint density at radius 1 is 0.852 bits per heavy atom. The van der Waals surface area contributed by atoms with Gasteiger partial charge in [0.15, 0.2) is 11.0 Å². The molecule has 2 aromatic heterocycles. The van der Waals surface area contributed by atoms with Gasteiger partial charge in [0.25, 0.3) is 0 Å². The van der Waals surface area contributed by atoms with E-state index in [1.807, 2.05) is 42.5 Å². The number of rotatable bonds is 6. The molecule has 6 heteroatoms. The van der Waals surface area contributed by atoms with Gasteiger partial charge in [-0.25, -0.2) is 0 Å². The number of nitrogens with zero attached hydrogens (tertiary/aromatic N) is 4. The number of aryl methyl sites for hydroxylation is 1. The van der Waals surface area contributed by atoms with E-state index in [1.165, 1.54) is 5.56 Å². The summed E-state index contributed by atoms with van der Waals surface area (Å²) in [6.45, 7) is 0. The van der Waals surface area contributed by atoms with Crippen LogP contribution in [-0.4, -0.2) is 25.5 Å². The smallest absolute Gasteiger partial charge is 0.196 e. The lowest BCUT2D eigenvalue weighted by Crippen LogP contribution is -2.00. The summed E-state index contributed by atoms with van der Waals surface area (Å²) in [6.07, 6.45) is 4.50. The number of hydrogen-bond acceptors (Lipinski definition) is 4. The van der Waals surface area contributed by atoms with E-state index >= 15 is 0 Å². The summed E-state index contributed by atoms with van der Waals surface area (Å²) < 4.78 is 2.07. The summed E-state index contributed by atoms with van der Waals surface area (Å²) in [7, 11) is 0. The molecule has 4 aromatic rings. The highest BCUT2D eigenvalue weighted by molar-refractivity contribution is 7.99. The maximum Gasteiger partial charge on any atom is 0.196 e. The number of hydrogen-bond donors (Lipinski definition) is 0. The normalized spacial score (nSPS) is 10.9. The average molecular weight is 393 g/mol. The van der Waals surface area contributed by atoms with Crippen LogP contribution in [0.15, 0.2) is 84.3 Å². The van der Waals surface area contributed by atoms with Crippen molar-refractivity contribution in [2.45, 2.75) is 11.6 Å². The standard InChI is InChI=1S/C21H17ClN4S/c22-18-6-8-19(9-7-18)26-20(17-10-13-23-14-11-17)24-25-21(26)27-15-12-16-4-2-1-3-5-16/h1-11,13-14H,12,15H2. The van der Waals surface area contributed by atoms with Gasteiger partial charge in [0.05, 0.1) is 0 Å². The van der Waals surface area contributed by atoms with Crippen LogP contribution in [-0.2, 0) is 6.42 Å². The van der Waals surface area contributed by atoms with Crippen molar-refractivity contribution in [1.29, 1.82) is 0 Å². The molecule has 0 bridgehead atoms. The Kier molecular flexibility index (Phi) is 5.51. The first-order valence-electron chi connectivity index (χ1n) is 8.60. The van der Waals surface area contributed by atoms with E-state index in [1.54, 1.807) is 24.2 Å². The van der Waals surface area contributed by atoms with Crippen LogP contribution in [0.5, 0.6) is 0 Å². The minimum Gasteiger partial charge on any atom is -0.270 e. The number of aromatic nitrogens is 4. The molecule has 27 heavy (non-hydrogen) atoms. The van der Waals surface area contributed by atoms with Crippen LogP contribution in [0.2, 0.25) is 5.02 Å². The minimum atomic E-state index is 0.704. The first-order chi connectivity index (χ1) is 13.3. The summed E-state index contributed by atoms with van der Waals surface area (Å²) in [5.74, 6) is 1.72. The Labute approximate surface area is 167 Å². The molecule has 0 radical (unpaired) electrons. The Bertz CT molecular complexity index is 1000. The second-order valence-corrected chi connectivity index (χ2v) is 7.44. The monoisotopic (exact) mass is 392 g/mol. The molecule has 4 rings (SSSR count). The molecule has 0 atom stereocenters. The Morgan fingerprint density at radius 2 is 1.59 bits per heavy atom. The SMILES string of the molecule is Clc1ccc(-n2c(SCCc3ccccc3)nnc2-c2ccncc2)cc1. The molecular weight excluding hydrogens is 376 g/mol. The predicted molar refractivity (Wildman–Crippen MR) is 110 cm³/mol. The lowest BCUT2D eigenvalue weighted by atomic mass is 10.2. The van der Waals surface area contributed by atoms with Gasteiger partial charge in [-0.15, -0.1) is 10.2 Å². The molecule has 134 valence electrons. The number of benzene rings is 2. The first kappa shape index (κ1) is 17.8. The molecule has 0 aliphatic carbocycles. The Morgan fingerprint density at radius 3 is 2.33 bits per heavy atom. The molecule has 0 aliphatic rings. The summed E-state index contributed by atoms with van der Waals surface area (Å²) in [5.41, 5.74) is 3.28. The molecule has 2 aromatic carbocycles. The highest BCUT2D eigenvalue weighted by atomic mass is 35.5. The van der Waals surface area contributed by atoms with Gasteiger partial charge in [-0.2, -0.15) is 0 Å². The maximum atomic E-state index is 6.07. The quantitative estimate of drug-likeness (QED) is 0.416.